The summed E-state index contributed by atoms with van der Waals surface area (Å²) in [5.74, 6) is 0.218. The average Bonchev–Trinajstić information content (AvgIpc) is 3.10. The molecule has 2 aliphatic heterocycles. The van der Waals surface area contributed by atoms with Gasteiger partial charge in [-0.15, -0.1) is 0 Å². The van der Waals surface area contributed by atoms with E-state index in [0.29, 0.717) is 11.6 Å². The molecule has 2 saturated heterocycles. The van der Waals surface area contributed by atoms with Crippen molar-refractivity contribution in [2.45, 2.75) is 19.8 Å². The molecule has 1 aromatic rings. The zero-order valence-electron chi connectivity index (χ0n) is 14.4. The number of nitrogens with zero attached hydrogens (tertiary/aromatic N) is 4. The van der Waals surface area contributed by atoms with Gasteiger partial charge in [0.15, 0.2) is 0 Å². The minimum atomic E-state index is -0.426. The fourth-order valence-corrected chi connectivity index (χ4v) is 3.99. The van der Waals surface area contributed by atoms with E-state index in [9.17, 15) is 14.9 Å². The SMILES string of the molecule is Cc1cc([N+](=O)[O-])cc(Cl)c1N1CCN(CC(=O)N2CCCC2)CC1. The van der Waals surface area contributed by atoms with Gasteiger partial charge in [0.25, 0.3) is 5.69 Å². The van der Waals surface area contributed by atoms with Gasteiger partial charge in [0.05, 0.1) is 22.2 Å². The maximum atomic E-state index is 12.3. The number of likely N-dealkylation sites (tertiary alicyclic amines) is 1. The lowest BCUT2D eigenvalue weighted by Gasteiger charge is -2.37. The summed E-state index contributed by atoms with van der Waals surface area (Å²) in [4.78, 5) is 29.0. The van der Waals surface area contributed by atoms with Gasteiger partial charge >= 0.3 is 0 Å². The number of rotatable bonds is 4. The fraction of sp³-hybridized carbons (Fsp3) is 0.588. The molecule has 0 radical (unpaired) electrons. The average molecular weight is 367 g/mol. The molecule has 1 aromatic carbocycles. The molecule has 0 unspecified atom stereocenters. The summed E-state index contributed by atoms with van der Waals surface area (Å²) in [7, 11) is 0. The molecule has 0 aromatic heterocycles. The van der Waals surface area contributed by atoms with Crippen LogP contribution in [0.2, 0.25) is 5.02 Å². The van der Waals surface area contributed by atoms with Crippen molar-refractivity contribution in [3.63, 3.8) is 0 Å². The topological polar surface area (TPSA) is 69.9 Å². The maximum Gasteiger partial charge on any atom is 0.271 e. The van der Waals surface area contributed by atoms with E-state index in [-0.39, 0.29) is 11.6 Å². The Bertz CT molecular complexity index is 645. The molecule has 136 valence electrons. The smallest absolute Gasteiger partial charge is 0.271 e. The summed E-state index contributed by atoms with van der Waals surface area (Å²) in [6.07, 6.45) is 2.22. The Morgan fingerprint density at radius 1 is 1.16 bits per heavy atom. The molecule has 2 heterocycles. The van der Waals surface area contributed by atoms with Crippen LogP contribution in [0.3, 0.4) is 0 Å². The summed E-state index contributed by atoms with van der Waals surface area (Å²) in [6, 6.07) is 2.97. The van der Waals surface area contributed by atoms with Crippen molar-refractivity contribution in [3.8, 4) is 0 Å². The minimum Gasteiger partial charge on any atom is -0.368 e. The summed E-state index contributed by atoms with van der Waals surface area (Å²) in [5, 5.41) is 11.3. The molecule has 2 fully saturated rings. The third-order valence-electron chi connectivity index (χ3n) is 4.96. The molecular weight excluding hydrogens is 344 g/mol. The first-order valence-corrected chi connectivity index (χ1v) is 9.03. The Hall–Kier alpha value is -1.86. The third kappa shape index (κ3) is 4.04. The highest BCUT2D eigenvalue weighted by atomic mass is 35.5. The summed E-state index contributed by atoms with van der Waals surface area (Å²) >= 11 is 6.30. The van der Waals surface area contributed by atoms with Gasteiger partial charge in [-0.1, -0.05) is 11.6 Å². The Kier molecular flexibility index (Phi) is 5.44. The van der Waals surface area contributed by atoms with Crippen LogP contribution in [-0.4, -0.2) is 66.4 Å². The van der Waals surface area contributed by atoms with Crippen molar-refractivity contribution in [2.24, 2.45) is 0 Å². The molecule has 2 aliphatic rings. The molecule has 0 spiro atoms. The molecular formula is C17H23ClN4O3. The quantitative estimate of drug-likeness (QED) is 0.604. The van der Waals surface area contributed by atoms with E-state index in [1.165, 1.54) is 6.07 Å². The second-order valence-corrected chi connectivity index (χ2v) is 7.11. The Morgan fingerprint density at radius 3 is 2.36 bits per heavy atom. The van der Waals surface area contributed by atoms with Crippen LogP contribution in [0.5, 0.6) is 0 Å². The molecule has 0 N–H and O–H groups in total. The van der Waals surface area contributed by atoms with Gasteiger partial charge < -0.3 is 9.80 Å². The van der Waals surface area contributed by atoms with E-state index in [2.05, 4.69) is 9.80 Å². The zero-order chi connectivity index (χ0) is 18.0. The van der Waals surface area contributed by atoms with E-state index in [1.807, 2.05) is 11.8 Å². The van der Waals surface area contributed by atoms with Crippen LogP contribution < -0.4 is 4.90 Å². The van der Waals surface area contributed by atoms with Crippen LogP contribution in [0.1, 0.15) is 18.4 Å². The van der Waals surface area contributed by atoms with E-state index in [4.69, 9.17) is 11.6 Å². The number of nitro benzene ring substituents is 1. The molecule has 1 amide bonds. The highest BCUT2D eigenvalue weighted by Gasteiger charge is 2.25. The third-order valence-corrected chi connectivity index (χ3v) is 5.24. The van der Waals surface area contributed by atoms with Gasteiger partial charge in [-0.05, 0) is 25.3 Å². The number of aryl methyl sites for hydroxylation is 1. The van der Waals surface area contributed by atoms with E-state index in [1.54, 1.807) is 6.07 Å². The second kappa shape index (κ2) is 7.58. The number of halogens is 1. The van der Waals surface area contributed by atoms with Crippen LogP contribution in [0.4, 0.5) is 11.4 Å². The van der Waals surface area contributed by atoms with Gasteiger partial charge in [0.2, 0.25) is 5.91 Å². The first kappa shape index (κ1) is 17.9. The predicted molar refractivity (Wildman–Crippen MR) is 97.3 cm³/mol. The lowest BCUT2D eigenvalue weighted by atomic mass is 10.1. The van der Waals surface area contributed by atoms with Crippen molar-refractivity contribution >= 4 is 28.9 Å². The van der Waals surface area contributed by atoms with Crippen molar-refractivity contribution in [3.05, 3.63) is 32.8 Å². The number of carbonyl (C=O) groups excluding carboxylic acids is 1. The van der Waals surface area contributed by atoms with E-state index >= 15 is 0 Å². The van der Waals surface area contributed by atoms with Crippen LogP contribution >= 0.6 is 11.6 Å². The molecule has 0 atom stereocenters. The standard InChI is InChI=1S/C17H23ClN4O3/c1-13-10-14(22(24)25)11-15(18)17(13)21-8-6-19(7-9-21)12-16(23)20-4-2-3-5-20/h10-11H,2-9,12H2,1H3. The van der Waals surface area contributed by atoms with Crippen LogP contribution in [0.15, 0.2) is 12.1 Å². The molecule has 8 heteroatoms. The van der Waals surface area contributed by atoms with Gasteiger partial charge in [0, 0.05) is 51.4 Å². The maximum absolute atomic E-state index is 12.3. The van der Waals surface area contributed by atoms with Crippen LogP contribution in [0, 0.1) is 17.0 Å². The number of hydrogen-bond acceptors (Lipinski definition) is 5. The highest BCUT2D eigenvalue weighted by molar-refractivity contribution is 6.33. The highest BCUT2D eigenvalue weighted by Crippen LogP contribution is 2.34. The number of amides is 1. The summed E-state index contributed by atoms with van der Waals surface area (Å²) < 4.78 is 0. The first-order chi connectivity index (χ1) is 12.0. The summed E-state index contributed by atoms with van der Waals surface area (Å²) in [5.41, 5.74) is 1.68. The number of benzene rings is 1. The predicted octanol–water partition coefficient (Wildman–Crippen LogP) is 2.30. The summed E-state index contributed by atoms with van der Waals surface area (Å²) in [6.45, 7) is 7.17. The lowest BCUT2D eigenvalue weighted by Crippen LogP contribution is -2.50. The minimum absolute atomic E-state index is 0.0149. The zero-order valence-corrected chi connectivity index (χ0v) is 15.2. The first-order valence-electron chi connectivity index (χ1n) is 8.65. The van der Waals surface area contributed by atoms with Crippen LogP contribution in [0.25, 0.3) is 0 Å². The van der Waals surface area contributed by atoms with Crippen molar-refractivity contribution < 1.29 is 9.72 Å². The molecule has 3 rings (SSSR count). The molecule has 7 nitrogen and oxygen atoms in total. The number of anilines is 1. The van der Waals surface area contributed by atoms with Gasteiger partial charge in [0.1, 0.15) is 0 Å². The number of carbonyl (C=O) groups is 1. The van der Waals surface area contributed by atoms with E-state index in [0.717, 1.165) is 63.4 Å². The largest absolute Gasteiger partial charge is 0.368 e. The number of non-ortho nitro benzene ring substituents is 1. The van der Waals surface area contributed by atoms with Crippen molar-refractivity contribution in [1.82, 2.24) is 9.80 Å². The molecule has 0 aliphatic carbocycles. The second-order valence-electron chi connectivity index (χ2n) is 6.70. The fourth-order valence-electron chi connectivity index (χ4n) is 3.61. The van der Waals surface area contributed by atoms with Crippen molar-refractivity contribution in [2.75, 3.05) is 50.7 Å². The lowest BCUT2D eigenvalue weighted by molar-refractivity contribution is -0.384. The molecule has 25 heavy (non-hydrogen) atoms. The van der Waals surface area contributed by atoms with Gasteiger partial charge in [-0.3, -0.25) is 19.8 Å². The van der Waals surface area contributed by atoms with Crippen LogP contribution in [-0.2, 0) is 4.79 Å². The number of piperazine rings is 1. The molecule has 0 saturated carbocycles. The Labute approximate surface area is 152 Å². The number of nitro groups is 1. The monoisotopic (exact) mass is 366 g/mol. The Morgan fingerprint density at radius 2 is 1.80 bits per heavy atom. The van der Waals surface area contributed by atoms with Crippen molar-refractivity contribution in [1.29, 1.82) is 0 Å². The normalized spacial score (nSPS) is 18.6. The van der Waals surface area contributed by atoms with E-state index < -0.39 is 4.92 Å². The van der Waals surface area contributed by atoms with Gasteiger partial charge in [-0.25, -0.2) is 0 Å². The molecule has 0 bridgehead atoms. The number of hydrogen-bond donors (Lipinski definition) is 0. The Balaban J connectivity index is 1.60. The van der Waals surface area contributed by atoms with Gasteiger partial charge in [-0.2, -0.15) is 0 Å².